The minimum Gasteiger partial charge on any atom is -0.485 e. The molecule has 44 heavy (non-hydrogen) atoms. The van der Waals surface area contributed by atoms with Gasteiger partial charge in [-0.15, -0.1) is 0 Å². The van der Waals surface area contributed by atoms with Crippen molar-refractivity contribution in [2.75, 3.05) is 13.2 Å². The van der Waals surface area contributed by atoms with Crippen molar-refractivity contribution in [3.8, 4) is 17.2 Å². The fourth-order valence-corrected chi connectivity index (χ4v) is 5.74. The largest absolute Gasteiger partial charge is 0.485 e. The lowest BCUT2D eigenvalue weighted by atomic mass is 9.90. The molecule has 2 fully saturated rings. The van der Waals surface area contributed by atoms with E-state index in [1.165, 1.54) is 6.92 Å². The maximum absolute atomic E-state index is 11.4. The first-order valence-electron chi connectivity index (χ1n) is 14.2. The number of hydrogen-bond donors (Lipinski definition) is 10. The molecular weight excluding hydrogens is 588 g/mol. The second-order valence-corrected chi connectivity index (χ2v) is 11.1. The van der Waals surface area contributed by atoms with Crippen molar-refractivity contribution in [2.24, 2.45) is 0 Å². The third kappa shape index (κ3) is 5.87. The van der Waals surface area contributed by atoms with E-state index in [1.807, 2.05) is 6.07 Å². The molecule has 0 saturated carbocycles. The van der Waals surface area contributed by atoms with Crippen molar-refractivity contribution in [3.63, 3.8) is 0 Å². The molecule has 5 rings (SSSR count). The molecule has 2 aromatic rings. The third-order valence-corrected chi connectivity index (χ3v) is 8.24. The van der Waals surface area contributed by atoms with E-state index < -0.39 is 93.4 Å². The van der Waals surface area contributed by atoms with Crippen LogP contribution in [0.25, 0.3) is 0 Å². The Bertz CT molecular complexity index is 1270. The van der Waals surface area contributed by atoms with Gasteiger partial charge in [-0.05, 0) is 12.5 Å². The van der Waals surface area contributed by atoms with E-state index in [4.69, 9.17) is 23.7 Å². The van der Waals surface area contributed by atoms with Gasteiger partial charge in [0.25, 0.3) is 0 Å². The van der Waals surface area contributed by atoms with E-state index >= 15 is 0 Å². The minimum atomic E-state index is -1.84. The van der Waals surface area contributed by atoms with Crippen molar-refractivity contribution in [1.82, 2.24) is 0 Å². The normalized spacial score (nSPS) is 37.2. The maximum Gasteiger partial charge on any atom is 0.229 e. The SMILES string of the molecule is Cc1c(O[C@@H]2O[C@H](CO)[C@@H](O)[C@H](O)[C@H]2O)c(CO)c(O[C@@H]2O[C@H](CO)[C@@H](O)[C@H](O)[C@H]2O)c2c1O[C@H](c1ccccc1)C[C@H]2O. The Labute approximate surface area is 251 Å². The number of aliphatic hydroxyl groups is 10. The zero-order valence-corrected chi connectivity index (χ0v) is 23.7. The van der Waals surface area contributed by atoms with Gasteiger partial charge in [-0.3, -0.25) is 0 Å². The molecule has 0 spiro atoms. The summed E-state index contributed by atoms with van der Waals surface area (Å²) in [5.74, 6) is -0.416. The second kappa shape index (κ2) is 13.4. The fraction of sp³-hybridized carbons (Fsp3) is 0.586. The average molecular weight is 627 g/mol. The van der Waals surface area contributed by atoms with Crippen LogP contribution in [0.4, 0.5) is 0 Å². The second-order valence-electron chi connectivity index (χ2n) is 11.1. The maximum atomic E-state index is 11.4. The summed E-state index contributed by atoms with van der Waals surface area (Å²) in [6, 6.07) is 9.01. The summed E-state index contributed by atoms with van der Waals surface area (Å²) in [7, 11) is 0. The van der Waals surface area contributed by atoms with Crippen molar-refractivity contribution < 1.29 is 74.7 Å². The van der Waals surface area contributed by atoms with E-state index in [0.29, 0.717) is 0 Å². The molecule has 0 unspecified atom stereocenters. The van der Waals surface area contributed by atoms with Gasteiger partial charge in [0.2, 0.25) is 12.6 Å². The van der Waals surface area contributed by atoms with Crippen molar-refractivity contribution in [2.45, 2.75) is 93.6 Å². The summed E-state index contributed by atoms with van der Waals surface area (Å²) < 4.78 is 29.3. The Balaban J connectivity index is 1.62. The van der Waals surface area contributed by atoms with Crippen LogP contribution in [0.2, 0.25) is 0 Å². The minimum absolute atomic E-state index is 0.0387. The molecule has 0 bridgehead atoms. The van der Waals surface area contributed by atoms with Crippen LogP contribution >= 0.6 is 0 Å². The molecule has 3 heterocycles. The van der Waals surface area contributed by atoms with Gasteiger partial charge in [0.05, 0.1) is 37.1 Å². The number of hydrogen-bond acceptors (Lipinski definition) is 15. The standard InChI is InChI=1S/C29H38O15/c1-11-25(43-28-23(38)21(36)19(34)16(9-31)41-28)13(8-30)27(44-29-24(39)22(37)20(35)17(10-32)42-29)18-14(33)7-15(40-26(11)18)12-5-3-2-4-6-12/h2-6,14-17,19-24,28-39H,7-10H2,1H3/t14-,15+,16-,17-,19-,20-,21+,22+,23-,24-,28+,29+/m1/s1. The highest BCUT2D eigenvalue weighted by Gasteiger charge is 2.48. The Morgan fingerprint density at radius 3 is 1.73 bits per heavy atom. The molecule has 3 aliphatic rings. The molecule has 244 valence electrons. The highest BCUT2D eigenvalue weighted by Crippen LogP contribution is 2.53. The van der Waals surface area contributed by atoms with Crippen LogP contribution in [0.15, 0.2) is 30.3 Å². The summed E-state index contributed by atoms with van der Waals surface area (Å²) >= 11 is 0. The topological polar surface area (TPSA) is 248 Å². The number of benzene rings is 2. The molecule has 15 nitrogen and oxygen atoms in total. The van der Waals surface area contributed by atoms with Gasteiger partial charge in [0.1, 0.15) is 72.2 Å². The fourth-order valence-electron chi connectivity index (χ4n) is 5.74. The van der Waals surface area contributed by atoms with Gasteiger partial charge in [0.15, 0.2) is 0 Å². The Morgan fingerprint density at radius 1 is 0.705 bits per heavy atom. The molecule has 15 heteroatoms. The average Bonchev–Trinajstić information content (AvgIpc) is 3.03. The molecule has 2 saturated heterocycles. The summed E-state index contributed by atoms with van der Waals surface area (Å²) in [4.78, 5) is 0. The van der Waals surface area contributed by atoms with Crippen LogP contribution in [0.1, 0.15) is 40.9 Å². The van der Waals surface area contributed by atoms with Crippen LogP contribution in [0.3, 0.4) is 0 Å². The molecular formula is C29H38O15. The molecule has 10 N–H and O–H groups in total. The lowest BCUT2D eigenvalue weighted by molar-refractivity contribution is -0.279. The number of fused-ring (bicyclic) bond motifs is 1. The van der Waals surface area contributed by atoms with Crippen LogP contribution in [-0.2, 0) is 16.1 Å². The molecule has 0 aliphatic carbocycles. The smallest absolute Gasteiger partial charge is 0.229 e. The molecule has 2 aromatic carbocycles. The van der Waals surface area contributed by atoms with E-state index in [2.05, 4.69) is 0 Å². The molecule has 12 atom stereocenters. The van der Waals surface area contributed by atoms with Crippen molar-refractivity contribution >= 4 is 0 Å². The van der Waals surface area contributed by atoms with E-state index in [0.717, 1.165) is 5.56 Å². The van der Waals surface area contributed by atoms with Gasteiger partial charge >= 0.3 is 0 Å². The van der Waals surface area contributed by atoms with Crippen molar-refractivity contribution in [3.05, 3.63) is 52.6 Å². The Morgan fingerprint density at radius 2 is 1.23 bits per heavy atom. The Kier molecular flexibility index (Phi) is 9.96. The third-order valence-electron chi connectivity index (χ3n) is 8.24. The van der Waals surface area contributed by atoms with E-state index in [-0.39, 0.29) is 40.4 Å². The van der Waals surface area contributed by atoms with Gasteiger partial charge in [-0.1, -0.05) is 30.3 Å². The zero-order chi connectivity index (χ0) is 31.9. The van der Waals surface area contributed by atoms with Crippen LogP contribution in [-0.4, -0.2) is 126 Å². The lowest BCUT2D eigenvalue weighted by Gasteiger charge is -2.42. The first-order valence-corrected chi connectivity index (χ1v) is 14.2. The van der Waals surface area contributed by atoms with Crippen LogP contribution in [0, 0.1) is 6.92 Å². The summed E-state index contributed by atoms with van der Waals surface area (Å²) in [5, 5.41) is 104. The highest BCUT2D eigenvalue weighted by molar-refractivity contribution is 5.64. The summed E-state index contributed by atoms with van der Waals surface area (Å²) in [5.41, 5.74) is 0.838. The molecule has 0 aromatic heterocycles. The van der Waals surface area contributed by atoms with Gasteiger partial charge < -0.3 is 74.7 Å². The molecule has 0 amide bonds. The molecule has 0 radical (unpaired) electrons. The summed E-state index contributed by atoms with van der Waals surface area (Å²) in [6.07, 6.45) is -18.5. The lowest BCUT2D eigenvalue weighted by Crippen LogP contribution is -2.60. The zero-order valence-electron chi connectivity index (χ0n) is 23.7. The van der Waals surface area contributed by atoms with Gasteiger partial charge in [0, 0.05) is 12.0 Å². The number of rotatable bonds is 8. The first kappa shape index (κ1) is 32.7. The highest BCUT2D eigenvalue weighted by atomic mass is 16.7. The van der Waals surface area contributed by atoms with Crippen molar-refractivity contribution in [1.29, 1.82) is 0 Å². The van der Waals surface area contributed by atoms with Gasteiger partial charge in [-0.2, -0.15) is 0 Å². The molecule has 3 aliphatic heterocycles. The van der Waals surface area contributed by atoms with E-state index in [9.17, 15) is 51.1 Å². The first-order chi connectivity index (χ1) is 21.0. The number of ether oxygens (including phenoxy) is 5. The predicted octanol–water partition coefficient (Wildman–Crippen LogP) is -2.60. The quantitative estimate of drug-likeness (QED) is 0.144. The predicted molar refractivity (Wildman–Crippen MR) is 145 cm³/mol. The van der Waals surface area contributed by atoms with Crippen LogP contribution in [0.5, 0.6) is 17.2 Å². The van der Waals surface area contributed by atoms with Crippen LogP contribution < -0.4 is 14.2 Å². The van der Waals surface area contributed by atoms with Gasteiger partial charge in [-0.25, -0.2) is 0 Å². The number of aliphatic hydroxyl groups excluding tert-OH is 10. The monoisotopic (exact) mass is 626 g/mol. The van der Waals surface area contributed by atoms with E-state index in [1.54, 1.807) is 24.3 Å². The Hall–Kier alpha value is -2.64. The summed E-state index contributed by atoms with van der Waals surface area (Å²) in [6.45, 7) is -0.739.